The molecule has 0 saturated carbocycles. The second kappa shape index (κ2) is 4.63. The van der Waals surface area contributed by atoms with Crippen molar-refractivity contribution in [3.05, 3.63) is 30.1 Å². The van der Waals surface area contributed by atoms with Crippen LogP contribution in [0.3, 0.4) is 0 Å². The van der Waals surface area contributed by atoms with Gasteiger partial charge >= 0.3 is 0 Å². The lowest BCUT2D eigenvalue weighted by Crippen LogP contribution is -2.62. The average Bonchev–Trinajstić information content (AvgIpc) is 2.42. The number of β-amino-alcohol motifs (C(OH)–C–C–N with tert-alkyl or cyclic N) is 1. The fraction of sp³-hybridized carbons (Fsp3) is 0.429. The predicted octanol–water partition coefficient (Wildman–Crippen LogP) is 2.53. The number of alkyl halides is 2. The molecule has 3 rings (SSSR count). The topological polar surface area (TPSA) is 49.2 Å². The molecule has 1 aliphatic heterocycles. The highest BCUT2D eigenvalue weighted by molar-refractivity contribution is 5.90. The van der Waals surface area contributed by atoms with Gasteiger partial charge in [0.2, 0.25) is 0 Å². The molecule has 1 saturated heterocycles. The third-order valence-corrected chi connectivity index (χ3v) is 3.72. The number of nitrogens with zero attached hydrogens (tertiary/aromatic N) is 3. The molecule has 1 aromatic heterocycles. The van der Waals surface area contributed by atoms with E-state index in [4.69, 9.17) is 0 Å². The zero-order valence-corrected chi connectivity index (χ0v) is 11.1. The third kappa shape index (κ3) is 2.10. The van der Waals surface area contributed by atoms with Crippen molar-refractivity contribution in [1.82, 2.24) is 9.97 Å². The molecule has 4 nitrogen and oxygen atoms in total. The molecule has 0 radical (unpaired) electrons. The zero-order valence-electron chi connectivity index (χ0n) is 11.1. The molecular weight excluding hydrogens is 264 g/mol. The van der Waals surface area contributed by atoms with Crippen LogP contribution in [0.1, 0.15) is 25.6 Å². The molecule has 1 N–H and O–H groups in total. The van der Waals surface area contributed by atoms with Crippen LogP contribution < -0.4 is 4.90 Å². The number of rotatable bonds is 3. The summed E-state index contributed by atoms with van der Waals surface area (Å²) in [6, 6.07) is 7.08. The lowest BCUT2D eigenvalue weighted by molar-refractivity contribution is 0.00814. The Morgan fingerprint density at radius 2 is 2.00 bits per heavy atom. The summed E-state index contributed by atoms with van der Waals surface area (Å²) in [5.41, 5.74) is -0.239. The highest BCUT2D eigenvalue weighted by Crippen LogP contribution is 2.34. The van der Waals surface area contributed by atoms with Gasteiger partial charge in [0.05, 0.1) is 11.1 Å². The van der Waals surface area contributed by atoms with E-state index in [0.717, 1.165) is 5.39 Å². The van der Waals surface area contributed by atoms with Crippen molar-refractivity contribution < 1.29 is 13.9 Å². The zero-order chi connectivity index (χ0) is 14.3. The van der Waals surface area contributed by atoms with Crippen molar-refractivity contribution in [1.29, 1.82) is 0 Å². The van der Waals surface area contributed by atoms with Gasteiger partial charge in [-0.05, 0) is 18.6 Å². The van der Waals surface area contributed by atoms with Crippen LogP contribution in [-0.4, -0.2) is 33.8 Å². The number of aliphatic hydroxyl groups is 1. The molecule has 1 fully saturated rings. The molecule has 0 spiro atoms. The Morgan fingerprint density at radius 3 is 2.65 bits per heavy atom. The number of fused-ring (bicyclic) bond motifs is 1. The Balaban J connectivity index is 2.05. The second-order valence-electron chi connectivity index (χ2n) is 5.16. The first-order valence-corrected chi connectivity index (χ1v) is 6.54. The fourth-order valence-corrected chi connectivity index (χ4v) is 2.45. The SMILES string of the molecule is CCC1(O)CN(c2nc(C(F)F)nc3ccccc23)C1. The number of anilines is 1. The second-order valence-corrected chi connectivity index (χ2v) is 5.16. The maximum absolute atomic E-state index is 12.9. The van der Waals surface area contributed by atoms with E-state index in [0.29, 0.717) is 30.8 Å². The van der Waals surface area contributed by atoms with Gasteiger partial charge in [0, 0.05) is 18.5 Å². The Hall–Kier alpha value is -1.82. The lowest BCUT2D eigenvalue weighted by atomic mass is 9.91. The molecule has 0 unspecified atom stereocenters. The number of aromatic nitrogens is 2. The van der Waals surface area contributed by atoms with Crippen LogP contribution in [0, 0.1) is 0 Å². The largest absolute Gasteiger partial charge is 0.386 e. The van der Waals surface area contributed by atoms with E-state index >= 15 is 0 Å². The Labute approximate surface area is 115 Å². The van der Waals surface area contributed by atoms with Gasteiger partial charge in [0.25, 0.3) is 6.43 Å². The normalized spacial score (nSPS) is 17.6. The molecular formula is C14H15F2N3O. The molecule has 106 valence electrons. The van der Waals surface area contributed by atoms with E-state index < -0.39 is 17.9 Å². The van der Waals surface area contributed by atoms with Gasteiger partial charge in [0.15, 0.2) is 5.82 Å². The number of para-hydroxylation sites is 1. The molecule has 0 atom stereocenters. The Morgan fingerprint density at radius 1 is 1.30 bits per heavy atom. The van der Waals surface area contributed by atoms with Crippen LogP contribution in [0.25, 0.3) is 10.9 Å². The van der Waals surface area contributed by atoms with Crippen LogP contribution >= 0.6 is 0 Å². The van der Waals surface area contributed by atoms with Crippen molar-refractivity contribution in [2.75, 3.05) is 18.0 Å². The first-order chi connectivity index (χ1) is 9.52. The van der Waals surface area contributed by atoms with Gasteiger partial charge in [-0.15, -0.1) is 0 Å². The van der Waals surface area contributed by atoms with Gasteiger partial charge in [0.1, 0.15) is 5.82 Å². The molecule has 1 aliphatic rings. The van der Waals surface area contributed by atoms with Crippen LogP contribution in [0.15, 0.2) is 24.3 Å². The summed E-state index contributed by atoms with van der Waals surface area (Å²) in [4.78, 5) is 9.68. The van der Waals surface area contributed by atoms with Gasteiger partial charge in [-0.2, -0.15) is 0 Å². The number of benzene rings is 1. The molecule has 2 aromatic rings. The van der Waals surface area contributed by atoms with Gasteiger partial charge in [-0.3, -0.25) is 0 Å². The number of hydrogen-bond acceptors (Lipinski definition) is 4. The van der Waals surface area contributed by atoms with Crippen molar-refractivity contribution in [3.63, 3.8) is 0 Å². The summed E-state index contributed by atoms with van der Waals surface area (Å²) < 4.78 is 25.8. The summed E-state index contributed by atoms with van der Waals surface area (Å²) >= 11 is 0. The maximum Gasteiger partial charge on any atom is 0.297 e. The van der Waals surface area contributed by atoms with E-state index in [1.807, 2.05) is 24.0 Å². The van der Waals surface area contributed by atoms with Crippen molar-refractivity contribution >= 4 is 16.7 Å². The first kappa shape index (κ1) is 13.2. The summed E-state index contributed by atoms with van der Waals surface area (Å²) in [7, 11) is 0. The minimum absolute atomic E-state index is 0.410. The molecule has 2 heterocycles. The fourth-order valence-electron chi connectivity index (χ4n) is 2.45. The quantitative estimate of drug-likeness (QED) is 0.938. The van der Waals surface area contributed by atoms with Crippen LogP contribution in [0.2, 0.25) is 0 Å². The lowest BCUT2D eigenvalue weighted by Gasteiger charge is -2.47. The molecule has 0 aliphatic carbocycles. The third-order valence-electron chi connectivity index (χ3n) is 3.72. The van der Waals surface area contributed by atoms with Crippen LogP contribution in [0.5, 0.6) is 0 Å². The monoisotopic (exact) mass is 279 g/mol. The minimum Gasteiger partial charge on any atom is -0.386 e. The average molecular weight is 279 g/mol. The van der Waals surface area contributed by atoms with Gasteiger partial charge < -0.3 is 10.0 Å². The molecule has 20 heavy (non-hydrogen) atoms. The summed E-state index contributed by atoms with van der Waals surface area (Å²) in [6.07, 6.45) is -2.07. The summed E-state index contributed by atoms with van der Waals surface area (Å²) in [6.45, 7) is 2.72. The van der Waals surface area contributed by atoms with Crippen molar-refractivity contribution in [2.45, 2.75) is 25.4 Å². The molecule has 1 aromatic carbocycles. The summed E-state index contributed by atoms with van der Waals surface area (Å²) in [5, 5.41) is 10.8. The predicted molar refractivity (Wildman–Crippen MR) is 71.9 cm³/mol. The van der Waals surface area contributed by atoms with Crippen molar-refractivity contribution in [2.24, 2.45) is 0 Å². The van der Waals surface area contributed by atoms with Gasteiger partial charge in [-0.1, -0.05) is 19.1 Å². The van der Waals surface area contributed by atoms with Crippen LogP contribution in [0.4, 0.5) is 14.6 Å². The maximum atomic E-state index is 12.9. The first-order valence-electron chi connectivity index (χ1n) is 6.54. The highest BCUT2D eigenvalue weighted by atomic mass is 19.3. The number of hydrogen-bond donors (Lipinski definition) is 1. The van der Waals surface area contributed by atoms with E-state index in [9.17, 15) is 13.9 Å². The van der Waals surface area contributed by atoms with Crippen molar-refractivity contribution in [3.8, 4) is 0 Å². The highest BCUT2D eigenvalue weighted by Gasteiger charge is 2.41. The van der Waals surface area contributed by atoms with Crippen LogP contribution in [-0.2, 0) is 0 Å². The van der Waals surface area contributed by atoms with E-state index in [1.54, 1.807) is 12.1 Å². The smallest absolute Gasteiger partial charge is 0.297 e. The Bertz CT molecular complexity index is 641. The minimum atomic E-state index is -2.70. The van der Waals surface area contributed by atoms with E-state index in [2.05, 4.69) is 9.97 Å². The standard InChI is InChI=1S/C14H15F2N3O/c1-2-14(20)7-19(8-14)13-9-5-3-4-6-10(9)17-12(18-13)11(15)16/h3-6,11,20H,2,7-8H2,1H3. The van der Waals surface area contributed by atoms with Gasteiger partial charge in [-0.25, -0.2) is 18.7 Å². The molecule has 6 heteroatoms. The van der Waals surface area contributed by atoms with E-state index in [1.165, 1.54) is 0 Å². The van der Waals surface area contributed by atoms with E-state index in [-0.39, 0.29) is 0 Å². The number of halogens is 2. The molecule has 0 amide bonds. The summed E-state index contributed by atoms with van der Waals surface area (Å²) in [5.74, 6) is 0.00895. The molecule has 0 bridgehead atoms. The Kier molecular flexibility index (Phi) is 3.05.